The maximum atomic E-state index is 6.74. The first-order valence-corrected chi connectivity index (χ1v) is 10.4. The minimum Gasteiger partial charge on any atom is -0.497 e. The Morgan fingerprint density at radius 1 is 0.862 bits per heavy atom. The number of anilines is 1. The molecule has 1 fully saturated rings. The van der Waals surface area contributed by atoms with E-state index in [4.69, 9.17) is 9.47 Å². The topological polar surface area (TPSA) is 21.7 Å². The van der Waals surface area contributed by atoms with Crippen molar-refractivity contribution in [2.75, 3.05) is 18.6 Å². The van der Waals surface area contributed by atoms with Gasteiger partial charge in [0.1, 0.15) is 11.9 Å². The summed E-state index contributed by atoms with van der Waals surface area (Å²) in [6.45, 7) is 3.26. The number of ether oxygens (including phenoxy) is 2. The van der Waals surface area contributed by atoms with Crippen LogP contribution in [-0.4, -0.2) is 25.8 Å². The highest BCUT2D eigenvalue weighted by atomic mass is 16.5. The summed E-state index contributed by atoms with van der Waals surface area (Å²) in [5, 5.41) is 0. The van der Waals surface area contributed by atoms with Crippen LogP contribution < -0.4 is 9.64 Å². The molecule has 0 aromatic heterocycles. The lowest BCUT2D eigenvalue weighted by Crippen LogP contribution is -2.39. The average molecular weight is 388 g/mol. The Morgan fingerprint density at radius 2 is 1.52 bits per heavy atom. The molecular weight excluding hydrogens is 358 g/mol. The van der Waals surface area contributed by atoms with Crippen LogP contribution in [0, 0.1) is 0 Å². The van der Waals surface area contributed by atoms with Crippen LogP contribution in [0.15, 0.2) is 84.9 Å². The van der Waals surface area contributed by atoms with Gasteiger partial charge in [-0.2, -0.15) is 0 Å². The normalized spacial score (nSPS) is 17.5. The first-order valence-electron chi connectivity index (χ1n) is 10.4. The quantitative estimate of drug-likeness (QED) is 0.507. The molecule has 1 saturated heterocycles. The lowest BCUT2D eigenvalue weighted by Gasteiger charge is -2.34. The fourth-order valence-corrected chi connectivity index (χ4v) is 4.30. The van der Waals surface area contributed by atoms with Crippen molar-refractivity contribution in [1.29, 1.82) is 0 Å². The van der Waals surface area contributed by atoms with Gasteiger partial charge >= 0.3 is 0 Å². The first-order chi connectivity index (χ1) is 14.3. The van der Waals surface area contributed by atoms with Gasteiger partial charge in [-0.1, -0.05) is 66.7 Å². The molecule has 1 heterocycles. The fourth-order valence-electron chi connectivity index (χ4n) is 4.30. The third kappa shape index (κ3) is 4.46. The molecule has 0 saturated carbocycles. The van der Waals surface area contributed by atoms with Crippen molar-refractivity contribution in [2.45, 2.75) is 38.0 Å². The Labute approximate surface area is 173 Å². The molecule has 150 valence electrons. The molecule has 1 aliphatic rings. The molecule has 3 aromatic carbocycles. The van der Waals surface area contributed by atoms with Gasteiger partial charge in [0.25, 0.3) is 0 Å². The molecule has 3 nitrogen and oxygen atoms in total. The third-order valence-corrected chi connectivity index (χ3v) is 5.78. The van der Waals surface area contributed by atoms with Crippen LogP contribution in [0.1, 0.15) is 37.0 Å². The second-order valence-corrected chi connectivity index (χ2v) is 7.65. The standard InChI is InChI=1S/C26H29NO2/c1-20(25-17-10-18-27(25)23-15-9-16-24(19-23)28-2)29-26(21-11-5-3-6-12-21)22-13-7-4-8-14-22/h3-9,11-16,19-20,25-26H,10,17-18H2,1-2H3. The Kier molecular flexibility index (Phi) is 6.16. The SMILES string of the molecule is COc1cccc(N2CCCC2C(C)OC(c2ccccc2)c2ccccc2)c1. The van der Waals surface area contributed by atoms with Crippen LogP contribution in [0.3, 0.4) is 0 Å². The van der Waals surface area contributed by atoms with Crippen molar-refractivity contribution in [2.24, 2.45) is 0 Å². The zero-order valence-electron chi connectivity index (χ0n) is 17.2. The Balaban J connectivity index is 1.57. The van der Waals surface area contributed by atoms with E-state index in [9.17, 15) is 0 Å². The first kappa shape index (κ1) is 19.5. The molecular formula is C26H29NO2. The van der Waals surface area contributed by atoms with Crippen molar-refractivity contribution < 1.29 is 9.47 Å². The third-order valence-electron chi connectivity index (χ3n) is 5.78. The number of rotatable bonds is 7. The number of benzene rings is 3. The maximum Gasteiger partial charge on any atom is 0.120 e. The molecule has 0 aliphatic carbocycles. The van der Waals surface area contributed by atoms with E-state index < -0.39 is 0 Å². The highest BCUT2D eigenvalue weighted by Crippen LogP contribution is 2.34. The van der Waals surface area contributed by atoms with Crippen molar-refractivity contribution >= 4 is 5.69 Å². The van der Waals surface area contributed by atoms with Crippen molar-refractivity contribution in [3.05, 3.63) is 96.1 Å². The van der Waals surface area contributed by atoms with Gasteiger partial charge < -0.3 is 14.4 Å². The molecule has 0 N–H and O–H groups in total. The number of methoxy groups -OCH3 is 1. The minimum absolute atomic E-state index is 0.0693. The zero-order valence-corrected chi connectivity index (χ0v) is 17.2. The predicted molar refractivity (Wildman–Crippen MR) is 119 cm³/mol. The molecule has 29 heavy (non-hydrogen) atoms. The monoisotopic (exact) mass is 387 g/mol. The summed E-state index contributed by atoms with van der Waals surface area (Å²) in [5.74, 6) is 0.896. The van der Waals surface area contributed by atoms with Crippen LogP contribution in [0.2, 0.25) is 0 Å². The molecule has 0 spiro atoms. The Morgan fingerprint density at radius 3 is 2.14 bits per heavy atom. The highest BCUT2D eigenvalue weighted by molar-refractivity contribution is 5.52. The van der Waals surface area contributed by atoms with E-state index in [1.807, 2.05) is 6.07 Å². The predicted octanol–water partition coefficient (Wildman–Crippen LogP) is 5.86. The van der Waals surface area contributed by atoms with E-state index in [1.165, 1.54) is 23.2 Å². The maximum absolute atomic E-state index is 6.74. The summed E-state index contributed by atoms with van der Waals surface area (Å²) in [6.07, 6.45) is 2.33. The summed E-state index contributed by atoms with van der Waals surface area (Å²) in [5.41, 5.74) is 3.59. The summed E-state index contributed by atoms with van der Waals surface area (Å²) in [7, 11) is 1.72. The van der Waals surface area contributed by atoms with Gasteiger partial charge in [-0.15, -0.1) is 0 Å². The van der Waals surface area contributed by atoms with E-state index in [2.05, 4.69) is 90.7 Å². The molecule has 1 aliphatic heterocycles. The molecule has 0 bridgehead atoms. The lowest BCUT2D eigenvalue weighted by atomic mass is 10.0. The van der Waals surface area contributed by atoms with Crippen LogP contribution in [0.25, 0.3) is 0 Å². The van der Waals surface area contributed by atoms with E-state index in [1.54, 1.807) is 7.11 Å². The highest BCUT2D eigenvalue weighted by Gasteiger charge is 2.32. The fraction of sp³-hybridized carbons (Fsp3) is 0.308. The molecule has 3 heteroatoms. The smallest absolute Gasteiger partial charge is 0.120 e. The molecule has 3 aromatic rings. The molecule has 2 atom stereocenters. The number of hydrogen-bond acceptors (Lipinski definition) is 3. The van der Waals surface area contributed by atoms with E-state index in [0.29, 0.717) is 6.04 Å². The zero-order chi connectivity index (χ0) is 20.1. The summed E-state index contributed by atoms with van der Waals surface area (Å²) in [4.78, 5) is 2.47. The van der Waals surface area contributed by atoms with Crippen molar-refractivity contribution in [3.8, 4) is 5.75 Å². The van der Waals surface area contributed by atoms with Gasteiger partial charge in [0.2, 0.25) is 0 Å². The summed E-state index contributed by atoms with van der Waals surface area (Å²) in [6, 6.07) is 29.7. The van der Waals surface area contributed by atoms with Crippen LogP contribution in [0.4, 0.5) is 5.69 Å². The van der Waals surface area contributed by atoms with Gasteiger partial charge in [-0.25, -0.2) is 0 Å². The van der Waals surface area contributed by atoms with Gasteiger partial charge in [-0.3, -0.25) is 0 Å². The van der Waals surface area contributed by atoms with Gasteiger partial charge in [0.15, 0.2) is 0 Å². The summed E-state index contributed by atoms with van der Waals surface area (Å²) < 4.78 is 12.2. The Bertz CT molecular complexity index is 857. The second-order valence-electron chi connectivity index (χ2n) is 7.65. The van der Waals surface area contributed by atoms with Gasteiger partial charge in [0, 0.05) is 18.3 Å². The summed E-state index contributed by atoms with van der Waals surface area (Å²) >= 11 is 0. The van der Waals surface area contributed by atoms with E-state index in [-0.39, 0.29) is 12.2 Å². The molecule has 4 rings (SSSR count). The van der Waals surface area contributed by atoms with Crippen molar-refractivity contribution in [3.63, 3.8) is 0 Å². The van der Waals surface area contributed by atoms with Gasteiger partial charge in [-0.05, 0) is 43.0 Å². The van der Waals surface area contributed by atoms with Crippen LogP contribution in [0.5, 0.6) is 5.75 Å². The van der Waals surface area contributed by atoms with Crippen molar-refractivity contribution in [1.82, 2.24) is 0 Å². The minimum atomic E-state index is -0.0693. The van der Waals surface area contributed by atoms with E-state index >= 15 is 0 Å². The second kappa shape index (κ2) is 9.15. The molecule has 2 unspecified atom stereocenters. The largest absolute Gasteiger partial charge is 0.497 e. The number of nitrogens with zero attached hydrogens (tertiary/aromatic N) is 1. The average Bonchev–Trinajstić information content (AvgIpc) is 3.29. The van der Waals surface area contributed by atoms with Gasteiger partial charge in [0.05, 0.1) is 19.3 Å². The Hall–Kier alpha value is -2.78. The molecule has 0 amide bonds. The van der Waals surface area contributed by atoms with Crippen LogP contribution in [-0.2, 0) is 4.74 Å². The van der Waals surface area contributed by atoms with Crippen LogP contribution >= 0.6 is 0 Å². The van der Waals surface area contributed by atoms with E-state index in [0.717, 1.165) is 18.7 Å². The lowest BCUT2D eigenvalue weighted by molar-refractivity contribution is 0.00558. The molecule has 0 radical (unpaired) electrons. The number of hydrogen-bond donors (Lipinski definition) is 0.